The summed E-state index contributed by atoms with van der Waals surface area (Å²) in [6.07, 6.45) is 1.37. The second-order valence-corrected chi connectivity index (χ2v) is 5.05. The lowest BCUT2D eigenvalue weighted by Crippen LogP contribution is -2.47. The molecule has 0 unspecified atom stereocenters. The molecule has 6 nitrogen and oxygen atoms in total. The fourth-order valence-electron chi connectivity index (χ4n) is 2.35. The first-order valence-electron chi connectivity index (χ1n) is 6.89. The minimum Gasteiger partial charge on any atom is -0.379 e. The number of hydrazine groups is 1. The van der Waals surface area contributed by atoms with Crippen molar-refractivity contribution in [3.05, 3.63) is 47.4 Å². The number of morpholine rings is 1. The third-order valence-corrected chi connectivity index (χ3v) is 3.65. The average Bonchev–Trinajstić information content (AvgIpc) is 2.57. The second-order valence-electron chi connectivity index (χ2n) is 4.69. The maximum atomic E-state index is 9.41. The van der Waals surface area contributed by atoms with Gasteiger partial charge in [0.2, 0.25) is 0 Å². The molecule has 2 aromatic rings. The Labute approximate surface area is 133 Å². The van der Waals surface area contributed by atoms with Gasteiger partial charge in [-0.2, -0.15) is 5.26 Å². The van der Waals surface area contributed by atoms with Crippen molar-refractivity contribution in [3.8, 4) is 6.07 Å². The van der Waals surface area contributed by atoms with Crippen LogP contribution in [-0.4, -0.2) is 41.3 Å². The van der Waals surface area contributed by atoms with Crippen molar-refractivity contribution in [2.45, 2.75) is 0 Å². The lowest BCUT2D eigenvalue weighted by molar-refractivity contribution is 0.0375. The van der Waals surface area contributed by atoms with E-state index in [9.17, 15) is 5.26 Å². The third-order valence-electron chi connectivity index (χ3n) is 3.36. The Bertz CT molecular complexity index is 682. The maximum absolute atomic E-state index is 9.41. The van der Waals surface area contributed by atoms with Gasteiger partial charge < -0.3 is 4.74 Å². The van der Waals surface area contributed by atoms with Crippen LogP contribution in [0.25, 0.3) is 0 Å². The van der Waals surface area contributed by atoms with E-state index in [0.717, 1.165) is 5.69 Å². The number of ether oxygens (including phenoxy) is 1. The van der Waals surface area contributed by atoms with E-state index >= 15 is 0 Å². The summed E-state index contributed by atoms with van der Waals surface area (Å²) < 4.78 is 5.41. The number of halogens is 1. The van der Waals surface area contributed by atoms with Gasteiger partial charge in [0.25, 0.3) is 0 Å². The number of nitrogens with zero attached hydrogens (tertiary/aromatic N) is 5. The van der Waals surface area contributed by atoms with E-state index in [0.29, 0.717) is 32.1 Å². The average molecular weight is 316 g/mol. The molecule has 0 spiro atoms. The van der Waals surface area contributed by atoms with Gasteiger partial charge in [0, 0.05) is 13.1 Å². The Hall–Kier alpha value is -2.20. The lowest BCUT2D eigenvalue weighted by Gasteiger charge is -2.38. The van der Waals surface area contributed by atoms with E-state index in [1.807, 2.05) is 35.3 Å². The van der Waals surface area contributed by atoms with Gasteiger partial charge in [-0.25, -0.2) is 15.0 Å². The number of rotatable bonds is 3. The van der Waals surface area contributed by atoms with Crippen LogP contribution in [0.4, 0.5) is 11.5 Å². The smallest absolute Gasteiger partial charge is 0.170 e. The second kappa shape index (κ2) is 6.71. The summed E-state index contributed by atoms with van der Waals surface area (Å²) in [5.74, 6) is 0.482. The summed E-state index contributed by atoms with van der Waals surface area (Å²) in [4.78, 5) is 8.18. The van der Waals surface area contributed by atoms with Gasteiger partial charge in [-0.15, -0.1) is 0 Å². The number of hydrogen-bond acceptors (Lipinski definition) is 6. The van der Waals surface area contributed by atoms with Crippen LogP contribution in [0.5, 0.6) is 0 Å². The highest BCUT2D eigenvalue weighted by molar-refractivity contribution is 6.30. The first kappa shape index (κ1) is 14.7. The molecule has 7 heteroatoms. The van der Waals surface area contributed by atoms with E-state index in [2.05, 4.69) is 21.0 Å². The molecule has 0 bridgehead atoms. The minimum absolute atomic E-state index is 0.154. The highest BCUT2D eigenvalue weighted by Gasteiger charge is 2.25. The predicted octanol–water partition coefficient (Wildman–Crippen LogP) is 2.39. The van der Waals surface area contributed by atoms with Crippen LogP contribution in [0.2, 0.25) is 5.15 Å². The molecular formula is C15H14ClN5O. The van der Waals surface area contributed by atoms with Gasteiger partial charge >= 0.3 is 0 Å². The van der Waals surface area contributed by atoms with Crippen LogP contribution in [-0.2, 0) is 4.74 Å². The van der Waals surface area contributed by atoms with Crippen molar-refractivity contribution < 1.29 is 4.74 Å². The van der Waals surface area contributed by atoms with Crippen LogP contribution in [0.1, 0.15) is 5.56 Å². The largest absolute Gasteiger partial charge is 0.379 e. The van der Waals surface area contributed by atoms with Gasteiger partial charge in [0.1, 0.15) is 18.0 Å². The fraction of sp³-hybridized carbons (Fsp3) is 0.267. The van der Waals surface area contributed by atoms with Crippen LogP contribution >= 0.6 is 11.6 Å². The van der Waals surface area contributed by atoms with Crippen LogP contribution in [0.15, 0.2) is 36.7 Å². The standard InChI is InChI=1S/C15H14ClN5O/c16-14-13(10-17)15(19-11-18-14)21(12-4-2-1-3-5-12)20-6-8-22-9-7-20/h1-5,11H,6-9H2. The molecule has 0 saturated carbocycles. The van der Waals surface area contributed by atoms with Crippen LogP contribution in [0, 0.1) is 11.3 Å². The molecule has 0 radical (unpaired) electrons. The molecule has 1 aliphatic rings. The van der Waals surface area contributed by atoms with Crippen LogP contribution in [0.3, 0.4) is 0 Å². The van der Waals surface area contributed by atoms with Crippen molar-refractivity contribution >= 4 is 23.1 Å². The Morgan fingerprint density at radius 1 is 1.18 bits per heavy atom. The third kappa shape index (κ3) is 2.88. The van der Waals surface area contributed by atoms with E-state index in [4.69, 9.17) is 16.3 Å². The summed E-state index contributed by atoms with van der Waals surface area (Å²) in [5, 5.41) is 13.6. The Balaban J connectivity index is 2.10. The van der Waals surface area contributed by atoms with Crippen molar-refractivity contribution in [1.82, 2.24) is 15.0 Å². The predicted molar refractivity (Wildman–Crippen MR) is 82.7 cm³/mol. The van der Waals surface area contributed by atoms with Gasteiger partial charge in [-0.05, 0) is 12.1 Å². The first-order valence-corrected chi connectivity index (χ1v) is 7.27. The normalized spacial score (nSPS) is 15.3. The van der Waals surface area contributed by atoms with Gasteiger partial charge in [-0.1, -0.05) is 29.8 Å². The molecule has 1 aromatic heterocycles. The number of nitriles is 1. The molecule has 1 aromatic carbocycles. The van der Waals surface area contributed by atoms with Gasteiger partial charge in [0.05, 0.1) is 18.9 Å². The molecule has 0 amide bonds. The molecule has 0 aliphatic carbocycles. The van der Waals surface area contributed by atoms with Crippen molar-refractivity contribution in [2.75, 3.05) is 31.3 Å². The quantitative estimate of drug-likeness (QED) is 0.810. The number of hydrogen-bond donors (Lipinski definition) is 0. The van der Waals surface area contributed by atoms with Crippen molar-refractivity contribution in [3.63, 3.8) is 0 Å². The van der Waals surface area contributed by atoms with Crippen LogP contribution < -0.4 is 5.01 Å². The topological polar surface area (TPSA) is 65.3 Å². The minimum atomic E-state index is 0.154. The molecule has 0 N–H and O–H groups in total. The summed E-state index contributed by atoms with van der Waals surface area (Å²) in [6.45, 7) is 2.68. The molecule has 112 valence electrons. The molecule has 22 heavy (non-hydrogen) atoms. The van der Waals surface area contributed by atoms with E-state index in [1.54, 1.807) is 0 Å². The van der Waals surface area contributed by atoms with Gasteiger partial charge in [0.15, 0.2) is 11.0 Å². The zero-order valence-corrected chi connectivity index (χ0v) is 12.6. The van der Waals surface area contributed by atoms with E-state index < -0.39 is 0 Å². The lowest BCUT2D eigenvalue weighted by atomic mass is 10.2. The highest BCUT2D eigenvalue weighted by atomic mass is 35.5. The Morgan fingerprint density at radius 3 is 2.59 bits per heavy atom. The van der Waals surface area contributed by atoms with Crippen molar-refractivity contribution in [2.24, 2.45) is 0 Å². The zero-order valence-electron chi connectivity index (χ0n) is 11.8. The number of aromatic nitrogens is 2. The molecule has 1 saturated heterocycles. The van der Waals surface area contributed by atoms with Crippen molar-refractivity contribution in [1.29, 1.82) is 5.26 Å². The molecular weight excluding hydrogens is 302 g/mol. The number of para-hydroxylation sites is 1. The van der Waals surface area contributed by atoms with Gasteiger partial charge in [-0.3, -0.25) is 5.01 Å². The SMILES string of the molecule is N#Cc1c(Cl)ncnc1N(c1ccccc1)N1CCOCC1. The van der Waals surface area contributed by atoms with E-state index in [1.165, 1.54) is 6.33 Å². The maximum Gasteiger partial charge on any atom is 0.170 e. The first-order chi connectivity index (χ1) is 10.8. The molecule has 1 aliphatic heterocycles. The Kier molecular flexibility index (Phi) is 4.49. The summed E-state index contributed by atoms with van der Waals surface area (Å²) in [5.41, 5.74) is 1.18. The monoisotopic (exact) mass is 315 g/mol. The highest BCUT2D eigenvalue weighted by Crippen LogP contribution is 2.30. The number of anilines is 2. The summed E-state index contributed by atoms with van der Waals surface area (Å²) in [7, 11) is 0. The molecule has 0 atom stereocenters. The zero-order chi connectivity index (χ0) is 15.4. The Morgan fingerprint density at radius 2 is 1.91 bits per heavy atom. The summed E-state index contributed by atoms with van der Waals surface area (Å²) in [6, 6.07) is 11.9. The molecule has 2 heterocycles. The number of benzene rings is 1. The summed E-state index contributed by atoms with van der Waals surface area (Å²) >= 11 is 6.06. The van der Waals surface area contributed by atoms with E-state index in [-0.39, 0.29) is 10.7 Å². The molecule has 1 fully saturated rings. The fourth-order valence-corrected chi connectivity index (χ4v) is 2.53. The molecule has 3 rings (SSSR count).